The Morgan fingerprint density at radius 2 is 2.04 bits per heavy atom. The van der Waals surface area contributed by atoms with Gasteiger partial charge in [-0.05, 0) is 49.1 Å². The number of hydrogen-bond acceptors (Lipinski definition) is 7. The Kier molecular flexibility index (Phi) is 5.31. The standard InChI is InChI=1S/C15H21ClN4O4S/c1-9-3-4-10(2)20(9)8-11(21)7-17-25(22,23)15-12(16)5-6-13-14(15)19-24-18-13/h5-6,9-11,17,21H,3-4,7-8H2,1-2H3/t9?,10?,11-/m0/s1. The van der Waals surface area contributed by atoms with Crippen LogP contribution in [0.3, 0.4) is 0 Å². The van der Waals surface area contributed by atoms with Gasteiger partial charge in [0.2, 0.25) is 10.0 Å². The zero-order chi connectivity index (χ0) is 18.2. The van der Waals surface area contributed by atoms with Gasteiger partial charge in [0.05, 0.1) is 11.1 Å². The molecule has 3 atom stereocenters. The smallest absolute Gasteiger partial charge is 0.244 e. The summed E-state index contributed by atoms with van der Waals surface area (Å²) in [5.74, 6) is 0. The van der Waals surface area contributed by atoms with Crippen molar-refractivity contribution in [2.24, 2.45) is 0 Å². The third-order valence-electron chi connectivity index (χ3n) is 4.67. The summed E-state index contributed by atoms with van der Waals surface area (Å²) < 4.78 is 32.2. The zero-order valence-electron chi connectivity index (χ0n) is 14.0. The predicted octanol–water partition coefficient (Wildman–Crippen LogP) is 1.39. The van der Waals surface area contributed by atoms with Gasteiger partial charge in [0, 0.05) is 25.2 Å². The number of nitrogens with zero attached hydrogens (tertiary/aromatic N) is 3. The third kappa shape index (κ3) is 3.80. The minimum atomic E-state index is -3.97. The lowest BCUT2D eigenvalue weighted by Crippen LogP contribution is -2.43. The molecule has 138 valence electrons. The highest BCUT2D eigenvalue weighted by atomic mass is 35.5. The fourth-order valence-electron chi connectivity index (χ4n) is 3.25. The first-order valence-electron chi connectivity index (χ1n) is 8.14. The van der Waals surface area contributed by atoms with Crippen LogP contribution in [0.25, 0.3) is 11.0 Å². The van der Waals surface area contributed by atoms with Gasteiger partial charge in [0.1, 0.15) is 10.4 Å². The van der Waals surface area contributed by atoms with Gasteiger partial charge in [-0.25, -0.2) is 17.8 Å². The Hall–Kier alpha value is -1.26. The van der Waals surface area contributed by atoms with Crippen LogP contribution in [0.1, 0.15) is 26.7 Å². The minimum absolute atomic E-state index is 0.0203. The number of aliphatic hydroxyl groups is 1. The maximum Gasteiger partial charge on any atom is 0.244 e. The lowest BCUT2D eigenvalue weighted by molar-refractivity contribution is 0.0941. The summed E-state index contributed by atoms with van der Waals surface area (Å²) in [4.78, 5) is 2.00. The van der Waals surface area contributed by atoms with E-state index in [0.717, 1.165) is 12.8 Å². The second-order valence-corrected chi connectivity index (χ2v) is 8.60. The van der Waals surface area contributed by atoms with Crippen LogP contribution in [0.5, 0.6) is 0 Å². The number of nitrogens with one attached hydrogen (secondary N) is 1. The van der Waals surface area contributed by atoms with E-state index in [-0.39, 0.29) is 22.0 Å². The summed E-state index contributed by atoms with van der Waals surface area (Å²) in [6.45, 7) is 4.52. The molecule has 3 rings (SSSR count). The van der Waals surface area contributed by atoms with Crippen LogP contribution in [0, 0.1) is 0 Å². The second-order valence-electron chi connectivity index (χ2n) is 6.49. The first-order chi connectivity index (χ1) is 11.8. The summed E-state index contributed by atoms with van der Waals surface area (Å²) in [5.41, 5.74) is 0.362. The summed E-state index contributed by atoms with van der Waals surface area (Å²) in [6, 6.07) is 3.71. The van der Waals surface area contributed by atoms with Gasteiger partial charge in [-0.1, -0.05) is 11.6 Å². The molecule has 0 aliphatic carbocycles. The molecule has 1 saturated heterocycles. The number of aromatic nitrogens is 2. The van der Waals surface area contributed by atoms with E-state index in [2.05, 4.69) is 38.4 Å². The number of benzene rings is 1. The van der Waals surface area contributed by atoms with Crippen molar-refractivity contribution in [3.63, 3.8) is 0 Å². The second kappa shape index (κ2) is 7.16. The van der Waals surface area contributed by atoms with E-state index in [9.17, 15) is 13.5 Å². The van der Waals surface area contributed by atoms with Gasteiger partial charge in [-0.15, -0.1) is 0 Å². The minimum Gasteiger partial charge on any atom is -0.390 e. The molecule has 0 bridgehead atoms. The Bertz CT molecular complexity index is 846. The van der Waals surface area contributed by atoms with Gasteiger partial charge in [-0.2, -0.15) is 0 Å². The van der Waals surface area contributed by atoms with Gasteiger partial charge in [0.15, 0.2) is 5.52 Å². The van der Waals surface area contributed by atoms with Gasteiger partial charge >= 0.3 is 0 Å². The van der Waals surface area contributed by atoms with E-state index in [1.165, 1.54) is 12.1 Å². The molecule has 2 N–H and O–H groups in total. The Balaban J connectivity index is 1.71. The molecule has 10 heteroatoms. The highest BCUT2D eigenvalue weighted by Crippen LogP contribution is 2.28. The number of fused-ring (bicyclic) bond motifs is 1. The van der Waals surface area contributed by atoms with Gasteiger partial charge in [-0.3, -0.25) is 4.90 Å². The molecule has 25 heavy (non-hydrogen) atoms. The number of hydrogen-bond donors (Lipinski definition) is 2. The highest BCUT2D eigenvalue weighted by molar-refractivity contribution is 7.89. The summed E-state index contributed by atoms with van der Waals surface area (Å²) >= 11 is 6.04. The van der Waals surface area contributed by atoms with Crippen molar-refractivity contribution in [2.45, 2.75) is 49.8 Å². The average Bonchev–Trinajstić information content (AvgIpc) is 3.14. The number of aliphatic hydroxyl groups excluding tert-OH is 1. The topological polar surface area (TPSA) is 109 Å². The van der Waals surface area contributed by atoms with Crippen LogP contribution in [0.2, 0.25) is 5.02 Å². The molecular formula is C15H21ClN4O4S. The fraction of sp³-hybridized carbons (Fsp3) is 0.600. The van der Waals surface area contributed by atoms with Crippen LogP contribution in [-0.4, -0.2) is 60.0 Å². The first-order valence-corrected chi connectivity index (χ1v) is 10.00. The van der Waals surface area contributed by atoms with Crippen molar-refractivity contribution in [3.05, 3.63) is 17.2 Å². The number of β-amino-alcohol motifs (C(OH)–C–C–N with tert-alkyl or cyclic N) is 1. The van der Waals surface area contributed by atoms with Crippen LogP contribution in [0.15, 0.2) is 21.7 Å². The average molecular weight is 389 g/mol. The largest absolute Gasteiger partial charge is 0.390 e. The molecule has 2 aromatic rings. The highest BCUT2D eigenvalue weighted by Gasteiger charge is 2.30. The maximum atomic E-state index is 12.6. The monoisotopic (exact) mass is 388 g/mol. The quantitative estimate of drug-likeness (QED) is 0.769. The Morgan fingerprint density at radius 1 is 1.36 bits per heavy atom. The van der Waals surface area contributed by atoms with Crippen molar-refractivity contribution in [1.82, 2.24) is 19.9 Å². The SMILES string of the molecule is CC1CCC(C)N1C[C@@H](O)CNS(=O)(=O)c1c(Cl)ccc2nonc12. The van der Waals surface area contributed by atoms with E-state index in [4.69, 9.17) is 11.6 Å². The molecule has 1 aliphatic heterocycles. The molecule has 1 aromatic carbocycles. The van der Waals surface area contributed by atoms with E-state index >= 15 is 0 Å². The van der Waals surface area contributed by atoms with Gasteiger partial charge < -0.3 is 5.11 Å². The molecule has 8 nitrogen and oxygen atoms in total. The number of sulfonamides is 1. The Morgan fingerprint density at radius 3 is 2.72 bits per heavy atom. The first kappa shape index (κ1) is 18.5. The molecule has 2 heterocycles. The van der Waals surface area contributed by atoms with Crippen LogP contribution < -0.4 is 4.72 Å². The molecule has 0 amide bonds. The fourth-order valence-corrected chi connectivity index (χ4v) is 4.99. The van der Waals surface area contributed by atoms with Crippen LogP contribution >= 0.6 is 11.6 Å². The molecule has 0 radical (unpaired) electrons. The predicted molar refractivity (Wildman–Crippen MR) is 92.9 cm³/mol. The number of likely N-dealkylation sites (tertiary alicyclic amines) is 1. The van der Waals surface area contributed by atoms with E-state index in [1.807, 2.05) is 0 Å². The van der Waals surface area contributed by atoms with Crippen molar-refractivity contribution >= 4 is 32.7 Å². The molecule has 0 spiro atoms. The summed E-state index contributed by atoms with van der Waals surface area (Å²) in [6.07, 6.45) is 1.33. The molecule has 1 fully saturated rings. The lowest BCUT2D eigenvalue weighted by atomic mass is 10.2. The molecule has 2 unspecified atom stereocenters. The summed E-state index contributed by atoms with van der Waals surface area (Å²) in [7, 11) is -3.97. The lowest BCUT2D eigenvalue weighted by Gasteiger charge is -2.28. The van der Waals surface area contributed by atoms with Crippen LogP contribution in [0.4, 0.5) is 0 Å². The van der Waals surface area contributed by atoms with Crippen molar-refractivity contribution < 1.29 is 18.2 Å². The maximum absolute atomic E-state index is 12.6. The zero-order valence-corrected chi connectivity index (χ0v) is 15.6. The van der Waals surface area contributed by atoms with Crippen LogP contribution in [-0.2, 0) is 10.0 Å². The third-order valence-corrected chi connectivity index (χ3v) is 6.59. The van der Waals surface area contributed by atoms with E-state index in [1.54, 1.807) is 0 Å². The van der Waals surface area contributed by atoms with Crippen molar-refractivity contribution in [1.29, 1.82) is 0 Å². The molecule has 0 saturated carbocycles. The number of rotatable bonds is 6. The van der Waals surface area contributed by atoms with Crippen molar-refractivity contribution in [2.75, 3.05) is 13.1 Å². The molecule has 1 aliphatic rings. The summed E-state index contributed by atoms with van der Waals surface area (Å²) in [5, 5.41) is 17.5. The Labute approximate surface area is 151 Å². The van der Waals surface area contributed by atoms with E-state index < -0.39 is 16.1 Å². The van der Waals surface area contributed by atoms with E-state index in [0.29, 0.717) is 24.1 Å². The molecular weight excluding hydrogens is 368 g/mol. The molecule has 1 aromatic heterocycles. The normalized spacial score (nSPS) is 23.4. The van der Waals surface area contributed by atoms with Gasteiger partial charge in [0.25, 0.3) is 0 Å². The number of halogens is 1. The van der Waals surface area contributed by atoms with Crippen molar-refractivity contribution in [3.8, 4) is 0 Å².